The van der Waals surface area contributed by atoms with Crippen LogP contribution in [0.4, 0.5) is 0 Å². The van der Waals surface area contributed by atoms with Gasteiger partial charge in [-0.25, -0.2) is 0 Å². The average Bonchev–Trinajstić information content (AvgIpc) is 2.65. The molecule has 0 fully saturated rings. The van der Waals surface area contributed by atoms with Crippen LogP contribution >= 0.6 is 27.3 Å². The van der Waals surface area contributed by atoms with Gasteiger partial charge in [-0.3, -0.25) is 9.88 Å². The molecule has 2 nitrogen and oxygen atoms in total. The Balaban J connectivity index is 1.92. The highest BCUT2D eigenvalue weighted by molar-refractivity contribution is 9.11. The Labute approximate surface area is 108 Å². The van der Waals surface area contributed by atoms with Crippen molar-refractivity contribution >= 4 is 27.3 Å². The molecule has 2 aromatic heterocycles. The predicted octanol–water partition coefficient (Wildman–Crippen LogP) is 3.54. The minimum atomic E-state index is 0.932. The lowest BCUT2D eigenvalue weighted by Crippen LogP contribution is -2.16. The standard InChI is InChI=1S/C12H13BrN2S/c1-15(7-10-3-2-4-14-6-10)8-11-5-12(13)16-9-11/h2-6,9H,7-8H2,1H3. The average molecular weight is 297 g/mol. The largest absolute Gasteiger partial charge is 0.298 e. The van der Waals surface area contributed by atoms with Crippen molar-refractivity contribution in [2.24, 2.45) is 0 Å². The molecule has 2 rings (SSSR count). The lowest BCUT2D eigenvalue weighted by Gasteiger charge is -2.15. The van der Waals surface area contributed by atoms with Crippen molar-refractivity contribution in [3.8, 4) is 0 Å². The van der Waals surface area contributed by atoms with Crippen molar-refractivity contribution in [1.82, 2.24) is 9.88 Å². The van der Waals surface area contributed by atoms with Crippen molar-refractivity contribution < 1.29 is 0 Å². The Bertz CT molecular complexity index is 441. The van der Waals surface area contributed by atoms with Crippen molar-refractivity contribution in [2.45, 2.75) is 13.1 Å². The molecule has 0 N–H and O–H groups in total. The van der Waals surface area contributed by atoms with Gasteiger partial charge in [0.1, 0.15) is 0 Å². The number of aromatic nitrogens is 1. The van der Waals surface area contributed by atoms with Gasteiger partial charge < -0.3 is 0 Å². The minimum absolute atomic E-state index is 0.932. The zero-order chi connectivity index (χ0) is 11.4. The predicted molar refractivity (Wildman–Crippen MR) is 71.4 cm³/mol. The Hall–Kier alpha value is -0.710. The van der Waals surface area contributed by atoms with Gasteiger partial charge in [-0.2, -0.15) is 0 Å². The monoisotopic (exact) mass is 296 g/mol. The Morgan fingerprint density at radius 2 is 2.19 bits per heavy atom. The summed E-state index contributed by atoms with van der Waals surface area (Å²) in [5.41, 5.74) is 2.60. The summed E-state index contributed by atoms with van der Waals surface area (Å²) in [5, 5.41) is 2.18. The van der Waals surface area contributed by atoms with Crippen LogP contribution in [0, 0.1) is 0 Å². The third kappa shape index (κ3) is 3.40. The lowest BCUT2D eigenvalue weighted by atomic mass is 10.2. The first kappa shape index (κ1) is 11.8. The maximum atomic E-state index is 4.12. The number of hydrogen-bond donors (Lipinski definition) is 0. The molecule has 0 atom stereocenters. The molecule has 2 aromatic rings. The Morgan fingerprint density at radius 3 is 2.81 bits per heavy atom. The van der Waals surface area contributed by atoms with E-state index in [0.717, 1.165) is 13.1 Å². The lowest BCUT2D eigenvalue weighted by molar-refractivity contribution is 0.319. The molecule has 0 bridgehead atoms. The van der Waals surface area contributed by atoms with E-state index < -0.39 is 0 Å². The summed E-state index contributed by atoms with van der Waals surface area (Å²) in [4.78, 5) is 6.40. The van der Waals surface area contributed by atoms with Crippen LogP contribution in [0.3, 0.4) is 0 Å². The molecule has 16 heavy (non-hydrogen) atoms. The first-order valence-corrected chi connectivity index (χ1v) is 6.71. The maximum Gasteiger partial charge on any atom is 0.0701 e. The van der Waals surface area contributed by atoms with Gasteiger partial charge in [-0.1, -0.05) is 6.07 Å². The number of halogens is 1. The minimum Gasteiger partial charge on any atom is -0.298 e. The van der Waals surface area contributed by atoms with Crippen molar-refractivity contribution in [3.05, 3.63) is 50.9 Å². The molecule has 0 aliphatic carbocycles. The molecule has 0 unspecified atom stereocenters. The Morgan fingerprint density at radius 1 is 1.38 bits per heavy atom. The van der Waals surface area contributed by atoms with Gasteiger partial charge in [-0.05, 0) is 51.6 Å². The zero-order valence-electron chi connectivity index (χ0n) is 9.06. The molecule has 84 valence electrons. The summed E-state index contributed by atoms with van der Waals surface area (Å²) in [6.45, 7) is 1.90. The van der Waals surface area contributed by atoms with Gasteiger partial charge in [-0.15, -0.1) is 11.3 Å². The van der Waals surface area contributed by atoms with Crippen LogP contribution in [0.15, 0.2) is 39.8 Å². The molecule has 2 heterocycles. The van der Waals surface area contributed by atoms with E-state index in [1.54, 1.807) is 17.5 Å². The van der Waals surface area contributed by atoms with E-state index >= 15 is 0 Å². The van der Waals surface area contributed by atoms with Crippen LogP contribution in [0.25, 0.3) is 0 Å². The molecule has 0 saturated heterocycles. The highest BCUT2D eigenvalue weighted by atomic mass is 79.9. The molecule has 4 heteroatoms. The fraction of sp³-hybridized carbons (Fsp3) is 0.250. The van der Waals surface area contributed by atoms with Crippen LogP contribution in [-0.4, -0.2) is 16.9 Å². The number of hydrogen-bond acceptors (Lipinski definition) is 3. The molecular formula is C12H13BrN2S. The summed E-state index contributed by atoms with van der Waals surface area (Å²) in [6, 6.07) is 6.25. The van der Waals surface area contributed by atoms with Gasteiger partial charge in [0.15, 0.2) is 0 Å². The quantitative estimate of drug-likeness (QED) is 0.858. The smallest absolute Gasteiger partial charge is 0.0701 e. The van der Waals surface area contributed by atoms with E-state index in [4.69, 9.17) is 0 Å². The van der Waals surface area contributed by atoms with Gasteiger partial charge in [0, 0.05) is 25.5 Å². The van der Waals surface area contributed by atoms with E-state index in [1.165, 1.54) is 14.9 Å². The summed E-state index contributed by atoms with van der Waals surface area (Å²) < 4.78 is 1.19. The molecule has 0 aliphatic heterocycles. The van der Waals surface area contributed by atoms with Crippen molar-refractivity contribution in [3.63, 3.8) is 0 Å². The van der Waals surface area contributed by atoms with Gasteiger partial charge in [0.2, 0.25) is 0 Å². The third-order valence-electron chi connectivity index (χ3n) is 2.25. The highest BCUT2D eigenvalue weighted by Crippen LogP contribution is 2.21. The van der Waals surface area contributed by atoms with Crippen LogP contribution in [0.2, 0.25) is 0 Å². The summed E-state index contributed by atoms with van der Waals surface area (Å²) in [7, 11) is 2.12. The second-order valence-electron chi connectivity index (χ2n) is 3.79. The number of nitrogens with zero attached hydrogens (tertiary/aromatic N) is 2. The SMILES string of the molecule is CN(Cc1cccnc1)Cc1csc(Br)c1. The van der Waals surface area contributed by atoms with Crippen molar-refractivity contribution in [2.75, 3.05) is 7.05 Å². The molecule has 0 radical (unpaired) electrons. The second kappa shape index (κ2) is 5.57. The summed E-state index contributed by atoms with van der Waals surface area (Å²) in [5.74, 6) is 0. The first-order valence-electron chi connectivity index (χ1n) is 5.04. The van der Waals surface area contributed by atoms with Crippen LogP contribution < -0.4 is 0 Å². The maximum absolute atomic E-state index is 4.12. The fourth-order valence-corrected chi connectivity index (χ4v) is 2.80. The molecular weight excluding hydrogens is 284 g/mol. The van der Waals surface area contributed by atoms with Crippen molar-refractivity contribution in [1.29, 1.82) is 0 Å². The molecule has 0 saturated carbocycles. The normalized spacial score (nSPS) is 10.9. The molecule has 0 aromatic carbocycles. The van der Waals surface area contributed by atoms with E-state index in [1.807, 2.05) is 12.3 Å². The molecule has 0 aliphatic rings. The van der Waals surface area contributed by atoms with Gasteiger partial charge in [0.05, 0.1) is 3.79 Å². The fourth-order valence-electron chi connectivity index (χ4n) is 1.60. The number of rotatable bonds is 4. The van der Waals surface area contributed by atoms with E-state index in [0.29, 0.717) is 0 Å². The van der Waals surface area contributed by atoms with Gasteiger partial charge in [0.25, 0.3) is 0 Å². The molecule has 0 amide bonds. The third-order valence-corrected chi connectivity index (χ3v) is 3.80. The van der Waals surface area contributed by atoms with Crippen LogP contribution in [-0.2, 0) is 13.1 Å². The van der Waals surface area contributed by atoms with E-state index in [9.17, 15) is 0 Å². The van der Waals surface area contributed by atoms with E-state index in [-0.39, 0.29) is 0 Å². The zero-order valence-corrected chi connectivity index (χ0v) is 11.5. The van der Waals surface area contributed by atoms with E-state index in [2.05, 4.69) is 50.4 Å². The highest BCUT2D eigenvalue weighted by Gasteiger charge is 2.03. The van der Waals surface area contributed by atoms with Crippen LogP contribution in [0.5, 0.6) is 0 Å². The summed E-state index contributed by atoms with van der Waals surface area (Å²) >= 11 is 5.21. The molecule has 0 spiro atoms. The topological polar surface area (TPSA) is 16.1 Å². The second-order valence-corrected chi connectivity index (χ2v) is 6.08. The van der Waals surface area contributed by atoms with Gasteiger partial charge >= 0.3 is 0 Å². The number of thiophene rings is 1. The first-order chi connectivity index (χ1) is 7.74. The summed E-state index contributed by atoms with van der Waals surface area (Å²) in [6.07, 6.45) is 3.72. The van der Waals surface area contributed by atoms with Crippen LogP contribution in [0.1, 0.15) is 11.1 Å². The number of pyridine rings is 1. The Kier molecular flexibility index (Phi) is 4.09.